The Morgan fingerprint density at radius 1 is 1.17 bits per heavy atom. The summed E-state index contributed by atoms with van der Waals surface area (Å²) in [6.45, 7) is 2.02. The average Bonchev–Trinajstić information content (AvgIpc) is 2.62. The molecule has 1 N–H and O–H groups in total. The lowest BCUT2D eigenvalue weighted by molar-refractivity contribution is -0.174. The van der Waals surface area contributed by atoms with Crippen molar-refractivity contribution >= 4 is 17.6 Å². The highest BCUT2D eigenvalue weighted by Gasteiger charge is 2.41. The van der Waals surface area contributed by atoms with Crippen molar-refractivity contribution in [2.75, 3.05) is 13.7 Å². The van der Waals surface area contributed by atoms with Crippen molar-refractivity contribution in [1.29, 1.82) is 0 Å². The molecule has 24 heavy (non-hydrogen) atoms. The highest BCUT2D eigenvalue weighted by Crippen LogP contribution is 2.30. The first-order valence-corrected chi connectivity index (χ1v) is 8.05. The van der Waals surface area contributed by atoms with Gasteiger partial charge in [-0.1, -0.05) is 54.1 Å². The van der Waals surface area contributed by atoms with Crippen molar-refractivity contribution in [3.05, 3.63) is 70.7 Å². The Bertz CT molecular complexity index is 657. The highest BCUT2D eigenvalue weighted by molar-refractivity contribution is 6.30. The Morgan fingerprint density at radius 3 is 2.38 bits per heavy atom. The number of hydrogen-bond acceptors (Lipinski definition) is 4. The smallest absolute Gasteiger partial charge is 0.338 e. The number of carbonyl (C=O) groups is 1. The van der Waals surface area contributed by atoms with Crippen LogP contribution in [0.15, 0.2) is 54.6 Å². The number of methoxy groups -OCH3 is 1. The summed E-state index contributed by atoms with van der Waals surface area (Å²) in [7, 11) is 1.24. The first-order chi connectivity index (χ1) is 11.5. The van der Waals surface area contributed by atoms with Crippen molar-refractivity contribution in [3.8, 4) is 0 Å². The summed E-state index contributed by atoms with van der Waals surface area (Å²) in [6.07, 6.45) is -0.789. The molecule has 0 unspecified atom stereocenters. The van der Waals surface area contributed by atoms with Crippen LogP contribution in [0.2, 0.25) is 5.02 Å². The molecule has 128 valence electrons. The van der Waals surface area contributed by atoms with Gasteiger partial charge in [-0.3, -0.25) is 0 Å². The van der Waals surface area contributed by atoms with E-state index in [4.69, 9.17) is 16.3 Å². The summed E-state index contributed by atoms with van der Waals surface area (Å²) >= 11 is 5.88. The summed E-state index contributed by atoms with van der Waals surface area (Å²) in [6, 6.07) is 16.6. The summed E-state index contributed by atoms with van der Waals surface area (Å²) in [4.78, 5) is 11.8. The third kappa shape index (κ3) is 4.35. The van der Waals surface area contributed by atoms with Crippen LogP contribution >= 0.6 is 11.6 Å². The zero-order valence-corrected chi connectivity index (χ0v) is 14.5. The van der Waals surface area contributed by atoms with Gasteiger partial charge >= 0.3 is 5.97 Å². The van der Waals surface area contributed by atoms with Crippen molar-refractivity contribution in [1.82, 2.24) is 0 Å². The largest absolute Gasteiger partial charge is 0.467 e. The molecule has 0 amide bonds. The number of aliphatic hydroxyl groups is 1. The van der Waals surface area contributed by atoms with E-state index < -0.39 is 17.7 Å². The highest BCUT2D eigenvalue weighted by atomic mass is 35.5. The molecule has 0 aliphatic rings. The van der Waals surface area contributed by atoms with Crippen LogP contribution in [0.25, 0.3) is 0 Å². The van der Waals surface area contributed by atoms with Gasteiger partial charge in [-0.15, -0.1) is 0 Å². The van der Waals surface area contributed by atoms with Crippen LogP contribution in [0.4, 0.5) is 0 Å². The number of carbonyl (C=O) groups excluding carboxylic acids is 1. The van der Waals surface area contributed by atoms with Crippen LogP contribution in [0, 0.1) is 0 Å². The number of rotatable bonds is 7. The minimum absolute atomic E-state index is 0.334. The molecule has 0 fully saturated rings. The maximum Gasteiger partial charge on any atom is 0.338 e. The molecular weight excluding hydrogens is 328 g/mol. The summed E-state index contributed by atoms with van der Waals surface area (Å²) in [5.41, 5.74) is 0.571. The molecule has 0 bridgehead atoms. The maximum atomic E-state index is 11.8. The third-order valence-electron chi connectivity index (χ3n) is 4.00. The van der Waals surface area contributed by atoms with E-state index >= 15 is 0 Å². The lowest BCUT2D eigenvalue weighted by Gasteiger charge is -2.33. The van der Waals surface area contributed by atoms with Gasteiger partial charge in [0.15, 0.2) is 6.10 Å². The van der Waals surface area contributed by atoms with Crippen molar-refractivity contribution in [2.24, 2.45) is 0 Å². The van der Waals surface area contributed by atoms with E-state index in [0.717, 1.165) is 5.56 Å². The summed E-state index contributed by atoms with van der Waals surface area (Å²) in [5.74, 6) is -0.729. The van der Waals surface area contributed by atoms with Crippen LogP contribution in [0.3, 0.4) is 0 Å². The first-order valence-electron chi connectivity index (χ1n) is 7.67. The van der Waals surface area contributed by atoms with Crippen molar-refractivity contribution in [2.45, 2.75) is 25.0 Å². The molecule has 2 atom stereocenters. The molecule has 0 aliphatic heterocycles. The van der Waals surface area contributed by atoms with Gasteiger partial charge in [-0.05, 0) is 36.6 Å². The summed E-state index contributed by atoms with van der Waals surface area (Å²) in [5, 5.41) is 11.1. The van der Waals surface area contributed by atoms with E-state index in [9.17, 15) is 9.90 Å². The Hall–Kier alpha value is -1.88. The molecule has 0 saturated carbocycles. The average molecular weight is 349 g/mol. The van der Waals surface area contributed by atoms with Gasteiger partial charge < -0.3 is 14.6 Å². The van der Waals surface area contributed by atoms with E-state index in [1.54, 1.807) is 6.92 Å². The number of benzene rings is 2. The van der Waals surface area contributed by atoms with Gasteiger partial charge in [0.2, 0.25) is 0 Å². The molecule has 4 nitrogen and oxygen atoms in total. The molecular formula is C19H21ClO4. The Kier molecular flexibility index (Phi) is 6.37. The number of hydrogen-bond donors (Lipinski definition) is 1. The van der Waals surface area contributed by atoms with Crippen LogP contribution in [0.1, 0.15) is 18.1 Å². The normalized spacial score (nSPS) is 14.7. The second-order valence-corrected chi connectivity index (χ2v) is 6.06. The lowest BCUT2D eigenvalue weighted by Crippen LogP contribution is -2.45. The minimum Gasteiger partial charge on any atom is -0.467 e. The predicted molar refractivity (Wildman–Crippen MR) is 92.9 cm³/mol. The number of esters is 1. The van der Waals surface area contributed by atoms with Crippen molar-refractivity contribution < 1.29 is 19.4 Å². The van der Waals surface area contributed by atoms with E-state index in [-0.39, 0.29) is 0 Å². The zero-order chi connectivity index (χ0) is 17.6. The predicted octanol–water partition coefficient (Wildman–Crippen LogP) is 3.35. The van der Waals surface area contributed by atoms with Crippen LogP contribution in [-0.2, 0) is 26.3 Å². The molecule has 0 radical (unpaired) electrons. The standard InChI is InChI=1S/C19H21ClO4/c1-19(17(21)18(22)23-2,15-6-4-3-5-7-15)24-13-12-14-8-10-16(20)11-9-14/h3-11,17,21H,12-13H2,1-2H3/t17-,19-/m1/s1. The van der Waals surface area contributed by atoms with E-state index in [1.807, 2.05) is 54.6 Å². The van der Waals surface area contributed by atoms with Gasteiger partial charge in [0.25, 0.3) is 0 Å². The molecule has 2 aromatic carbocycles. The Labute approximate surface area is 147 Å². The van der Waals surface area contributed by atoms with E-state index in [1.165, 1.54) is 7.11 Å². The number of ether oxygens (including phenoxy) is 2. The third-order valence-corrected chi connectivity index (χ3v) is 4.25. The molecule has 0 saturated heterocycles. The Morgan fingerprint density at radius 2 is 1.79 bits per heavy atom. The van der Waals surface area contributed by atoms with E-state index in [2.05, 4.69) is 4.74 Å². The lowest BCUT2D eigenvalue weighted by atomic mass is 9.89. The maximum absolute atomic E-state index is 11.8. The second kappa shape index (κ2) is 8.29. The second-order valence-electron chi connectivity index (χ2n) is 5.62. The topological polar surface area (TPSA) is 55.8 Å². The van der Waals surface area contributed by atoms with Gasteiger partial charge in [-0.2, -0.15) is 0 Å². The van der Waals surface area contributed by atoms with Gasteiger partial charge in [0, 0.05) is 5.02 Å². The van der Waals surface area contributed by atoms with Crippen LogP contribution < -0.4 is 0 Å². The Balaban J connectivity index is 2.14. The van der Waals surface area contributed by atoms with E-state index in [0.29, 0.717) is 23.6 Å². The molecule has 5 heteroatoms. The molecule has 0 heterocycles. The van der Waals surface area contributed by atoms with Crippen LogP contribution in [0.5, 0.6) is 0 Å². The fourth-order valence-corrected chi connectivity index (χ4v) is 2.58. The first kappa shape index (κ1) is 18.5. The fourth-order valence-electron chi connectivity index (χ4n) is 2.46. The SMILES string of the molecule is COC(=O)[C@@H](O)[C@](C)(OCCc1ccc(Cl)cc1)c1ccccc1. The minimum atomic E-state index is -1.42. The van der Waals surface area contributed by atoms with Gasteiger partial charge in [0.1, 0.15) is 5.60 Å². The van der Waals surface area contributed by atoms with Crippen LogP contribution in [-0.4, -0.2) is 30.9 Å². The van der Waals surface area contributed by atoms with Crippen molar-refractivity contribution in [3.63, 3.8) is 0 Å². The van der Waals surface area contributed by atoms with Gasteiger partial charge in [-0.25, -0.2) is 4.79 Å². The number of halogens is 1. The van der Waals surface area contributed by atoms with Gasteiger partial charge in [0.05, 0.1) is 13.7 Å². The monoisotopic (exact) mass is 348 g/mol. The molecule has 2 aromatic rings. The molecule has 0 spiro atoms. The number of aliphatic hydroxyl groups excluding tert-OH is 1. The molecule has 0 aliphatic carbocycles. The molecule has 0 aromatic heterocycles. The molecule has 2 rings (SSSR count). The fraction of sp³-hybridized carbons (Fsp3) is 0.316. The zero-order valence-electron chi connectivity index (χ0n) is 13.7. The summed E-state index contributed by atoms with van der Waals surface area (Å²) < 4.78 is 10.6. The quantitative estimate of drug-likeness (QED) is 0.780.